The Morgan fingerprint density at radius 2 is 2.31 bits per heavy atom. The quantitative estimate of drug-likeness (QED) is 0.736. The van der Waals surface area contributed by atoms with Gasteiger partial charge in [-0.3, -0.25) is 0 Å². The molecule has 0 bridgehead atoms. The lowest BCUT2D eigenvalue weighted by atomic mass is 10.2. The molecule has 0 aliphatic heterocycles. The summed E-state index contributed by atoms with van der Waals surface area (Å²) in [5.74, 6) is 1.04. The number of ether oxygens (including phenoxy) is 1. The summed E-state index contributed by atoms with van der Waals surface area (Å²) in [7, 11) is 1.71. The third-order valence-corrected chi connectivity index (χ3v) is 3.13. The van der Waals surface area contributed by atoms with Crippen LogP contribution in [0.4, 0.5) is 0 Å². The molecule has 2 rings (SSSR count). The first-order chi connectivity index (χ1) is 7.92. The average Bonchev–Trinajstić information content (AvgIpc) is 2.94. The number of aromatic nitrogens is 3. The predicted molar refractivity (Wildman–Crippen MR) is 61.1 cm³/mol. The summed E-state index contributed by atoms with van der Waals surface area (Å²) in [5.41, 5.74) is 0. The summed E-state index contributed by atoms with van der Waals surface area (Å²) in [6.45, 7) is 2.37. The van der Waals surface area contributed by atoms with Crippen molar-refractivity contribution < 1.29 is 4.74 Å². The van der Waals surface area contributed by atoms with E-state index in [4.69, 9.17) is 4.74 Å². The fraction of sp³-hybridized carbons (Fsp3) is 0.818. The maximum atomic E-state index is 4.99. The minimum Gasteiger partial charge on any atom is -0.383 e. The molecule has 16 heavy (non-hydrogen) atoms. The summed E-state index contributed by atoms with van der Waals surface area (Å²) in [5, 5.41) is 11.5. The molecule has 1 fully saturated rings. The van der Waals surface area contributed by atoms with Crippen molar-refractivity contribution in [1.82, 2.24) is 20.1 Å². The zero-order valence-corrected chi connectivity index (χ0v) is 9.85. The Bertz CT molecular complexity index is 307. The lowest BCUT2D eigenvalue weighted by Crippen LogP contribution is -2.22. The van der Waals surface area contributed by atoms with Crippen molar-refractivity contribution in [3.05, 3.63) is 12.2 Å². The van der Waals surface area contributed by atoms with Crippen molar-refractivity contribution in [2.24, 2.45) is 0 Å². The van der Waals surface area contributed by atoms with Crippen molar-refractivity contribution in [1.29, 1.82) is 0 Å². The molecule has 1 aromatic rings. The highest BCUT2D eigenvalue weighted by molar-refractivity contribution is 4.90. The van der Waals surface area contributed by atoms with Gasteiger partial charge in [-0.15, -0.1) is 10.2 Å². The molecular weight excluding hydrogens is 204 g/mol. The summed E-state index contributed by atoms with van der Waals surface area (Å²) < 4.78 is 7.21. The Kier molecular flexibility index (Phi) is 4.30. The third-order valence-electron chi connectivity index (χ3n) is 3.13. The first-order valence-corrected chi connectivity index (χ1v) is 6.00. The number of nitrogens with one attached hydrogen (secondary N) is 1. The van der Waals surface area contributed by atoms with Crippen LogP contribution in [0.15, 0.2) is 6.33 Å². The van der Waals surface area contributed by atoms with Crippen LogP contribution in [0.2, 0.25) is 0 Å². The van der Waals surface area contributed by atoms with E-state index in [2.05, 4.69) is 20.1 Å². The molecule has 0 amide bonds. The van der Waals surface area contributed by atoms with Crippen LogP contribution in [0.1, 0.15) is 37.5 Å². The molecule has 1 aliphatic carbocycles. The number of rotatable bonds is 6. The second-order valence-corrected chi connectivity index (χ2v) is 4.26. The standard InChI is InChI=1S/C11H20N4O/c1-16-7-6-12-8-11-14-13-9-15(11)10-4-2-3-5-10/h9-10,12H,2-8H2,1H3. The van der Waals surface area contributed by atoms with E-state index < -0.39 is 0 Å². The Balaban J connectivity index is 1.86. The number of hydrogen-bond donors (Lipinski definition) is 1. The van der Waals surface area contributed by atoms with Crippen LogP contribution < -0.4 is 5.32 Å². The van der Waals surface area contributed by atoms with Crippen molar-refractivity contribution >= 4 is 0 Å². The van der Waals surface area contributed by atoms with Gasteiger partial charge in [0.05, 0.1) is 13.2 Å². The molecule has 0 unspecified atom stereocenters. The molecule has 0 saturated heterocycles. The molecule has 1 saturated carbocycles. The minimum absolute atomic E-state index is 0.620. The minimum atomic E-state index is 0.620. The Labute approximate surface area is 96.2 Å². The number of nitrogens with zero attached hydrogens (tertiary/aromatic N) is 3. The molecule has 1 aromatic heterocycles. The predicted octanol–water partition coefficient (Wildman–Crippen LogP) is 1.13. The third kappa shape index (κ3) is 2.80. The van der Waals surface area contributed by atoms with Gasteiger partial charge >= 0.3 is 0 Å². The second-order valence-electron chi connectivity index (χ2n) is 4.26. The van der Waals surface area contributed by atoms with Gasteiger partial charge in [-0.1, -0.05) is 12.8 Å². The fourth-order valence-corrected chi connectivity index (χ4v) is 2.25. The Morgan fingerprint density at radius 1 is 1.50 bits per heavy atom. The van der Waals surface area contributed by atoms with E-state index in [1.165, 1.54) is 25.7 Å². The topological polar surface area (TPSA) is 52.0 Å². The van der Waals surface area contributed by atoms with Crippen molar-refractivity contribution in [3.8, 4) is 0 Å². The van der Waals surface area contributed by atoms with Gasteiger partial charge in [-0.05, 0) is 12.8 Å². The van der Waals surface area contributed by atoms with Gasteiger partial charge < -0.3 is 14.6 Å². The average molecular weight is 224 g/mol. The zero-order chi connectivity index (χ0) is 11.2. The zero-order valence-electron chi connectivity index (χ0n) is 9.85. The molecular formula is C11H20N4O. The molecule has 1 N–H and O–H groups in total. The summed E-state index contributed by atoms with van der Waals surface area (Å²) in [6, 6.07) is 0.620. The number of methoxy groups -OCH3 is 1. The van der Waals surface area contributed by atoms with Gasteiger partial charge in [0.25, 0.3) is 0 Å². The largest absolute Gasteiger partial charge is 0.383 e. The lowest BCUT2D eigenvalue weighted by molar-refractivity contribution is 0.198. The highest BCUT2D eigenvalue weighted by Gasteiger charge is 2.19. The van der Waals surface area contributed by atoms with Crippen LogP contribution in [-0.2, 0) is 11.3 Å². The van der Waals surface area contributed by atoms with E-state index in [1.807, 2.05) is 6.33 Å². The van der Waals surface area contributed by atoms with E-state index in [0.717, 1.165) is 25.5 Å². The van der Waals surface area contributed by atoms with Crippen LogP contribution in [0.25, 0.3) is 0 Å². The van der Waals surface area contributed by atoms with Gasteiger partial charge in [0.1, 0.15) is 12.2 Å². The van der Waals surface area contributed by atoms with E-state index in [1.54, 1.807) is 7.11 Å². The molecule has 1 heterocycles. The highest BCUT2D eigenvalue weighted by Crippen LogP contribution is 2.29. The fourth-order valence-electron chi connectivity index (χ4n) is 2.25. The first kappa shape index (κ1) is 11.5. The summed E-state index contributed by atoms with van der Waals surface area (Å²) in [6.07, 6.45) is 7.06. The lowest BCUT2D eigenvalue weighted by Gasteiger charge is -2.13. The Hall–Kier alpha value is -0.940. The number of hydrogen-bond acceptors (Lipinski definition) is 4. The maximum absolute atomic E-state index is 4.99. The molecule has 5 nitrogen and oxygen atoms in total. The SMILES string of the molecule is COCCNCc1nncn1C1CCCC1. The smallest absolute Gasteiger partial charge is 0.147 e. The van der Waals surface area contributed by atoms with Crippen LogP contribution in [-0.4, -0.2) is 35.0 Å². The van der Waals surface area contributed by atoms with Crippen molar-refractivity contribution in [3.63, 3.8) is 0 Å². The summed E-state index contributed by atoms with van der Waals surface area (Å²) >= 11 is 0. The van der Waals surface area contributed by atoms with Crippen molar-refractivity contribution in [2.45, 2.75) is 38.3 Å². The van der Waals surface area contributed by atoms with Gasteiger partial charge in [-0.2, -0.15) is 0 Å². The molecule has 0 spiro atoms. The van der Waals surface area contributed by atoms with E-state index in [0.29, 0.717) is 6.04 Å². The molecule has 90 valence electrons. The van der Waals surface area contributed by atoms with E-state index in [-0.39, 0.29) is 0 Å². The molecule has 0 radical (unpaired) electrons. The first-order valence-electron chi connectivity index (χ1n) is 6.00. The van der Waals surface area contributed by atoms with Gasteiger partial charge in [-0.25, -0.2) is 0 Å². The van der Waals surface area contributed by atoms with Crippen LogP contribution in [0.3, 0.4) is 0 Å². The normalized spacial score (nSPS) is 17.1. The highest BCUT2D eigenvalue weighted by atomic mass is 16.5. The summed E-state index contributed by atoms with van der Waals surface area (Å²) in [4.78, 5) is 0. The maximum Gasteiger partial charge on any atom is 0.147 e. The molecule has 1 aliphatic rings. The molecule has 0 atom stereocenters. The Morgan fingerprint density at radius 3 is 3.06 bits per heavy atom. The molecule has 5 heteroatoms. The monoisotopic (exact) mass is 224 g/mol. The van der Waals surface area contributed by atoms with Crippen LogP contribution >= 0.6 is 0 Å². The van der Waals surface area contributed by atoms with E-state index in [9.17, 15) is 0 Å². The van der Waals surface area contributed by atoms with Gasteiger partial charge in [0, 0.05) is 19.7 Å². The van der Waals surface area contributed by atoms with Gasteiger partial charge in [0.15, 0.2) is 0 Å². The molecule has 0 aromatic carbocycles. The van der Waals surface area contributed by atoms with Gasteiger partial charge in [0.2, 0.25) is 0 Å². The van der Waals surface area contributed by atoms with Crippen molar-refractivity contribution in [2.75, 3.05) is 20.3 Å². The van der Waals surface area contributed by atoms with Crippen LogP contribution in [0, 0.1) is 0 Å². The van der Waals surface area contributed by atoms with E-state index >= 15 is 0 Å². The van der Waals surface area contributed by atoms with Crippen LogP contribution in [0.5, 0.6) is 0 Å². The second kappa shape index (κ2) is 5.96.